The van der Waals surface area contributed by atoms with Crippen LogP contribution in [0.25, 0.3) is 11.0 Å². The minimum Gasteiger partial charge on any atom is -0.351 e. The number of hydrogen-bond acceptors (Lipinski definition) is 4. The van der Waals surface area contributed by atoms with Gasteiger partial charge in [-0.3, -0.25) is 18.8 Å². The number of aryl methyl sites for hydroxylation is 2. The highest BCUT2D eigenvalue weighted by molar-refractivity contribution is 5.82. The summed E-state index contributed by atoms with van der Waals surface area (Å²) in [4.78, 5) is 27.1. The van der Waals surface area contributed by atoms with Crippen molar-refractivity contribution in [2.45, 2.75) is 31.8 Å². The Kier molecular flexibility index (Phi) is 4.60. The van der Waals surface area contributed by atoms with Crippen LogP contribution in [0.15, 0.2) is 23.0 Å². The van der Waals surface area contributed by atoms with Crippen LogP contribution in [0.1, 0.15) is 24.8 Å². The molecule has 2 aromatic rings. The molecule has 0 unspecified atom stereocenters. The SMILES string of the molecule is CN1CC2(CCNCC2)C[C@@H]1C(=O)NCc1ccc2c(c1)n(C)c(=O)n2C. The second kappa shape index (κ2) is 6.80. The second-order valence-corrected chi connectivity index (χ2v) is 8.33. The predicted octanol–water partition coefficient (Wildman–Crippen LogP) is 0.567. The molecule has 27 heavy (non-hydrogen) atoms. The van der Waals surface area contributed by atoms with Gasteiger partial charge in [-0.15, -0.1) is 0 Å². The van der Waals surface area contributed by atoms with Crippen molar-refractivity contribution in [2.24, 2.45) is 19.5 Å². The number of carbonyl (C=O) groups is 1. The molecule has 7 nitrogen and oxygen atoms in total. The maximum Gasteiger partial charge on any atom is 0.328 e. The van der Waals surface area contributed by atoms with E-state index in [9.17, 15) is 9.59 Å². The quantitative estimate of drug-likeness (QED) is 0.827. The maximum atomic E-state index is 12.8. The molecular formula is C20H29N5O2. The van der Waals surface area contributed by atoms with Gasteiger partial charge in [-0.2, -0.15) is 0 Å². The highest BCUT2D eigenvalue weighted by atomic mass is 16.2. The van der Waals surface area contributed by atoms with Crippen molar-refractivity contribution in [3.63, 3.8) is 0 Å². The van der Waals surface area contributed by atoms with Crippen molar-refractivity contribution in [1.29, 1.82) is 0 Å². The normalized spacial score (nSPS) is 22.6. The Balaban J connectivity index is 1.44. The molecule has 0 radical (unpaired) electrons. The Morgan fingerprint density at radius 1 is 1.19 bits per heavy atom. The first-order chi connectivity index (χ1) is 12.9. The third-order valence-corrected chi connectivity index (χ3v) is 6.51. The van der Waals surface area contributed by atoms with Gasteiger partial charge in [0.25, 0.3) is 0 Å². The van der Waals surface area contributed by atoms with Gasteiger partial charge in [0.1, 0.15) is 0 Å². The van der Waals surface area contributed by atoms with Gasteiger partial charge in [-0.25, -0.2) is 4.79 Å². The lowest BCUT2D eigenvalue weighted by Crippen LogP contribution is -2.41. The number of carbonyl (C=O) groups excluding carboxylic acids is 1. The first-order valence-corrected chi connectivity index (χ1v) is 9.73. The number of imidazole rings is 1. The molecule has 0 bridgehead atoms. The molecule has 1 aromatic carbocycles. The van der Waals surface area contributed by atoms with Crippen LogP contribution in [-0.2, 0) is 25.4 Å². The Labute approximate surface area is 159 Å². The van der Waals surface area contributed by atoms with Gasteiger partial charge in [0, 0.05) is 27.2 Å². The van der Waals surface area contributed by atoms with Gasteiger partial charge in [-0.1, -0.05) is 6.07 Å². The average Bonchev–Trinajstić information content (AvgIpc) is 3.10. The highest BCUT2D eigenvalue weighted by Crippen LogP contribution is 2.41. The van der Waals surface area contributed by atoms with Crippen LogP contribution in [0.4, 0.5) is 0 Å². The summed E-state index contributed by atoms with van der Waals surface area (Å²) in [5.41, 5.74) is 3.06. The molecule has 0 saturated carbocycles. The van der Waals surface area contributed by atoms with Crippen LogP contribution < -0.4 is 16.3 Å². The largest absolute Gasteiger partial charge is 0.351 e. The van der Waals surface area contributed by atoms with Crippen molar-refractivity contribution in [3.8, 4) is 0 Å². The van der Waals surface area contributed by atoms with Crippen molar-refractivity contribution >= 4 is 16.9 Å². The van der Waals surface area contributed by atoms with Crippen LogP contribution in [0.2, 0.25) is 0 Å². The molecule has 0 aliphatic carbocycles. The molecule has 2 aliphatic heterocycles. The number of fused-ring (bicyclic) bond motifs is 1. The number of amides is 1. The Hall–Kier alpha value is -2.12. The highest BCUT2D eigenvalue weighted by Gasteiger charge is 2.45. The Morgan fingerprint density at radius 2 is 1.89 bits per heavy atom. The molecule has 1 amide bonds. The topological polar surface area (TPSA) is 71.3 Å². The predicted molar refractivity (Wildman–Crippen MR) is 106 cm³/mol. The lowest BCUT2D eigenvalue weighted by atomic mass is 9.77. The lowest BCUT2D eigenvalue weighted by molar-refractivity contribution is -0.125. The van der Waals surface area contributed by atoms with Gasteiger partial charge < -0.3 is 10.6 Å². The van der Waals surface area contributed by atoms with E-state index < -0.39 is 0 Å². The van der Waals surface area contributed by atoms with Crippen LogP contribution in [0, 0.1) is 5.41 Å². The van der Waals surface area contributed by atoms with Crippen molar-refractivity contribution < 1.29 is 4.79 Å². The zero-order valence-corrected chi connectivity index (χ0v) is 16.4. The zero-order chi connectivity index (χ0) is 19.2. The monoisotopic (exact) mass is 371 g/mol. The fraction of sp³-hybridized carbons (Fsp3) is 0.600. The molecule has 3 heterocycles. The molecule has 2 N–H and O–H groups in total. The average molecular weight is 371 g/mol. The van der Waals surface area contributed by atoms with Crippen molar-refractivity contribution in [3.05, 3.63) is 34.2 Å². The minimum absolute atomic E-state index is 0.0361. The number of likely N-dealkylation sites (N-methyl/N-ethyl adjacent to an activating group) is 1. The lowest BCUT2D eigenvalue weighted by Gasteiger charge is -2.33. The number of rotatable bonds is 3. The first kappa shape index (κ1) is 18.3. The molecule has 146 valence electrons. The number of aromatic nitrogens is 2. The van der Waals surface area contributed by atoms with E-state index in [0.29, 0.717) is 12.0 Å². The van der Waals surface area contributed by atoms with Gasteiger partial charge in [-0.05, 0) is 62.5 Å². The summed E-state index contributed by atoms with van der Waals surface area (Å²) >= 11 is 0. The number of benzene rings is 1. The fourth-order valence-corrected chi connectivity index (χ4v) is 4.85. The fourth-order valence-electron chi connectivity index (χ4n) is 4.85. The molecule has 1 atom stereocenters. The van der Waals surface area contributed by atoms with E-state index in [1.807, 2.05) is 18.2 Å². The third-order valence-electron chi connectivity index (χ3n) is 6.51. The van der Waals surface area contributed by atoms with Gasteiger partial charge in [0.2, 0.25) is 5.91 Å². The number of nitrogens with one attached hydrogen (secondary N) is 2. The van der Waals surface area contributed by atoms with Gasteiger partial charge in [0.05, 0.1) is 17.1 Å². The number of piperidine rings is 1. The van der Waals surface area contributed by atoms with Crippen LogP contribution in [0.3, 0.4) is 0 Å². The first-order valence-electron chi connectivity index (χ1n) is 9.73. The Bertz CT molecular complexity index is 922. The van der Waals surface area contributed by atoms with E-state index >= 15 is 0 Å². The van der Waals surface area contributed by atoms with E-state index in [0.717, 1.165) is 55.5 Å². The van der Waals surface area contributed by atoms with Gasteiger partial charge in [0.15, 0.2) is 0 Å². The standard InChI is InChI=1S/C20H29N5O2/c1-23-13-20(6-8-21-9-7-20)11-17(23)18(26)22-12-14-4-5-15-16(10-14)25(3)19(27)24(15)2/h4-5,10,17,21H,6-9,11-13H2,1-3H3,(H,22,26)/t17-/m1/s1. The summed E-state index contributed by atoms with van der Waals surface area (Å²) in [6.45, 7) is 3.59. The van der Waals surface area contributed by atoms with E-state index in [2.05, 4.69) is 22.6 Å². The van der Waals surface area contributed by atoms with Crippen LogP contribution in [0.5, 0.6) is 0 Å². The number of likely N-dealkylation sites (tertiary alicyclic amines) is 1. The molecule has 2 fully saturated rings. The summed E-state index contributed by atoms with van der Waals surface area (Å²) in [6.07, 6.45) is 3.25. The van der Waals surface area contributed by atoms with Crippen LogP contribution in [-0.4, -0.2) is 52.7 Å². The second-order valence-electron chi connectivity index (χ2n) is 8.33. The molecule has 2 aliphatic rings. The van der Waals surface area contributed by atoms with Crippen molar-refractivity contribution in [2.75, 3.05) is 26.7 Å². The van der Waals surface area contributed by atoms with Gasteiger partial charge >= 0.3 is 5.69 Å². The summed E-state index contributed by atoms with van der Waals surface area (Å²) in [5, 5.41) is 6.53. The molecular weight excluding hydrogens is 342 g/mol. The molecule has 1 aromatic heterocycles. The number of nitrogens with zero attached hydrogens (tertiary/aromatic N) is 3. The molecule has 2 saturated heterocycles. The number of hydrogen-bond donors (Lipinski definition) is 2. The van der Waals surface area contributed by atoms with E-state index in [1.54, 1.807) is 23.2 Å². The summed E-state index contributed by atoms with van der Waals surface area (Å²) in [6, 6.07) is 5.87. The third kappa shape index (κ3) is 3.19. The zero-order valence-electron chi connectivity index (χ0n) is 16.4. The maximum absolute atomic E-state index is 12.8. The Morgan fingerprint density at radius 3 is 2.63 bits per heavy atom. The van der Waals surface area contributed by atoms with E-state index in [4.69, 9.17) is 0 Å². The summed E-state index contributed by atoms with van der Waals surface area (Å²) in [7, 11) is 5.62. The van der Waals surface area contributed by atoms with Crippen LogP contribution >= 0.6 is 0 Å². The minimum atomic E-state index is -0.0482. The molecule has 7 heteroatoms. The van der Waals surface area contributed by atoms with Crippen molar-refractivity contribution in [1.82, 2.24) is 24.7 Å². The summed E-state index contributed by atoms with van der Waals surface area (Å²) in [5.74, 6) is 0.106. The molecule has 4 rings (SSSR count). The summed E-state index contributed by atoms with van der Waals surface area (Å²) < 4.78 is 3.29. The van der Waals surface area contributed by atoms with E-state index in [1.165, 1.54) is 0 Å². The smallest absolute Gasteiger partial charge is 0.328 e. The molecule has 1 spiro atoms. The van der Waals surface area contributed by atoms with E-state index in [-0.39, 0.29) is 17.6 Å².